The molecular weight excluding hydrogens is 357 g/mol. The molecule has 2 aromatic rings. The van der Waals surface area contributed by atoms with Crippen LogP contribution in [-0.4, -0.2) is 18.5 Å². The second-order valence-corrected chi connectivity index (χ2v) is 7.16. The van der Waals surface area contributed by atoms with E-state index >= 15 is 0 Å². The first-order chi connectivity index (χ1) is 13.3. The highest BCUT2D eigenvalue weighted by Gasteiger charge is 2.16. The predicted octanol–water partition coefficient (Wildman–Crippen LogP) is 5.27. The van der Waals surface area contributed by atoms with Gasteiger partial charge in [0, 0.05) is 11.8 Å². The first-order valence-corrected chi connectivity index (χ1v) is 9.31. The standard InChI is InChI=1S/C23H26FNO3/c1-15(2)19-6-5-7-20(16(3)4)23(19)25-21(26)14-28-22(27)13-10-17-8-11-18(24)12-9-17/h5-13,15-16H,14H2,1-4H3,(H,25,26). The van der Waals surface area contributed by atoms with Crippen LogP contribution in [0.1, 0.15) is 56.2 Å². The zero-order valence-corrected chi connectivity index (χ0v) is 16.7. The fraction of sp³-hybridized carbons (Fsp3) is 0.304. The van der Waals surface area contributed by atoms with Crippen LogP contribution in [0.5, 0.6) is 0 Å². The van der Waals surface area contributed by atoms with Gasteiger partial charge in [0.2, 0.25) is 0 Å². The molecule has 4 nitrogen and oxygen atoms in total. The molecule has 0 atom stereocenters. The van der Waals surface area contributed by atoms with E-state index in [4.69, 9.17) is 4.74 Å². The second kappa shape index (κ2) is 9.83. The number of carbonyl (C=O) groups excluding carboxylic acids is 2. The minimum absolute atomic E-state index is 0.246. The average molecular weight is 383 g/mol. The van der Waals surface area contributed by atoms with Crippen LogP contribution in [0.4, 0.5) is 10.1 Å². The van der Waals surface area contributed by atoms with E-state index < -0.39 is 11.9 Å². The van der Waals surface area contributed by atoms with E-state index in [1.54, 1.807) is 12.1 Å². The Morgan fingerprint density at radius 3 is 2.11 bits per heavy atom. The van der Waals surface area contributed by atoms with E-state index in [9.17, 15) is 14.0 Å². The quantitative estimate of drug-likeness (QED) is 0.524. The highest BCUT2D eigenvalue weighted by molar-refractivity contribution is 5.96. The van der Waals surface area contributed by atoms with Crippen molar-refractivity contribution >= 4 is 23.6 Å². The van der Waals surface area contributed by atoms with Crippen molar-refractivity contribution in [3.63, 3.8) is 0 Å². The lowest BCUT2D eigenvalue weighted by Gasteiger charge is -2.20. The van der Waals surface area contributed by atoms with Gasteiger partial charge in [-0.25, -0.2) is 9.18 Å². The summed E-state index contributed by atoms with van der Waals surface area (Å²) in [6.45, 7) is 7.88. The van der Waals surface area contributed by atoms with Crippen LogP contribution < -0.4 is 5.32 Å². The molecule has 5 heteroatoms. The fourth-order valence-electron chi connectivity index (χ4n) is 2.79. The molecule has 1 amide bonds. The van der Waals surface area contributed by atoms with E-state index in [0.29, 0.717) is 5.56 Å². The molecule has 0 aliphatic heterocycles. The van der Waals surface area contributed by atoms with Gasteiger partial charge in [-0.1, -0.05) is 58.0 Å². The third-order valence-electron chi connectivity index (χ3n) is 4.26. The van der Waals surface area contributed by atoms with Crippen LogP contribution in [-0.2, 0) is 14.3 Å². The lowest BCUT2D eigenvalue weighted by molar-refractivity contribution is -0.142. The van der Waals surface area contributed by atoms with Gasteiger partial charge in [-0.05, 0) is 46.7 Å². The van der Waals surface area contributed by atoms with Gasteiger partial charge in [0.15, 0.2) is 6.61 Å². The SMILES string of the molecule is CC(C)c1cccc(C(C)C)c1NC(=O)COC(=O)C=Cc1ccc(F)cc1. The van der Waals surface area contributed by atoms with Crippen LogP contribution in [0, 0.1) is 5.82 Å². The van der Waals surface area contributed by atoms with Gasteiger partial charge in [-0.2, -0.15) is 0 Å². The number of para-hydroxylation sites is 1. The summed E-state index contributed by atoms with van der Waals surface area (Å²) in [5, 5.41) is 2.90. The molecule has 0 bridgehead atoms. The Labute approximate surface area is 165 Å². The van der Waals surface area contributed by atoms with Gasteiger partial charge >= 0.3 is 5.97 Å². The largest absolute Gasteiger partial charge is 0.452 e. The van der Waals surface area contributed by atoms with E-state index in [1.165, 1.54) is 24.3 Å². The van der Waals surface area contributed by atoms with Gasteiger partial charge in [0.25, 0.3) is 5.91 Å². The number of rotatable bonds is 7. The lowest BCUT2D eigenvalue weighted by Crippen LogP contribution is -2.22. The van der Waals surface area contributed by atoms with E-state index in [1.807, 2.05) is 18.2 Å². The van der Waals surface area contributed by atoms with Crippen molar-refractivity contribution in [1.29, 1.82) is 0 Å². The Bertz CT molecular complexity index is 828. The molecule has 1 N–H and O–H groups in total. The molecule has 0 aromatic heterocycles. The molecule has 0 saturated heterocycles. The number of ether oxygens (including phenoxy) is 1. The molecular formula is C23H26FNO3. The first kappa shape index (κ1) is 21.4. The zero-order chi connectivity index (χ0) is 20.7. The van der Waals surface area contributed by atoms with Gasteiger partial charge in [-0.15, -0.1) is 0 Å². The lowest BCUT2D eigenvalue weighted by atomic mass is 9.92. The van der Waals surface area contributed by atoms with Gasteiger partial charge in [0.05, 0.1) is 0 Å². The maximum absolute atomic E-state index is 12.9. The number of hydrogen-bond donors (Lipinski definition) is 1. The Balaban J connectivity index is 1.99. The number of anilines is 1. The number of amides is 1. The second-order valence-electron chi connectivity index (χ2n) is 7.16. The zero-order valence-electron chi connectivity index (χ0n) is 16.7. The minimum atomic E-state index is -0.638. The third kappa shape index (κ3) is 6.05. The van der Waals surface area contributed by atoms with Crippen molar-refractivity contribution in [3.8, 4) is 0 Å². The van der Waals surface area contributed by atoms with E-state index in [-0.39, 0.29) is 24.3 Å². The number of esters is 1. The van der Waals surface area contributed by atoms with Crippen LogP contribution in [0.25, 0.3) is 6.08 Å². The van der Waals surface area contributed by atoms with E-state index in [2.05, 4.69) is 33.0 Å². The molecule has 0 aliphatic carbocycles. The van der Waals surface area contributed by atoms with Crippen LogP contribution >= 0.6 is 0 Å². The highest BCUT2D eigenvalue weighted by atomic mass is 19.1. The Morgan fingerprint density at radius 1 is 1.00 bits per heavy atom. The number of benzene rings is 2. The molecule has 0 saturated carbocycles. The van der Waals surface area contributed by atoms with Crippen LogP contribution in [0.15, 0.2) is 48.5 Å². The molecule has 0 unspecified atom stereocenters. The van der Waals surface area contributed by atoms with Crippen molar-refractivity contribution in [1.82, 2.24) is 0 Å². The fourth-order valence-corrected chi connectivity index (χ4v) is 2.79. The number of hydrogen-bond acceptors (Lipinski definition) is 3. The Hall–Kier alpha value is -2.95. The monoisotopic (exact) mass is 383 g/mol. The molecule has 0 radical (unpaired) electrons. The van der Waals surface area contributed by atoms with Crippen molar-refractivity contribution in [2.45, 2.75) is 39.5 Å². The normalized spacial score (nSPS) is 11.2. The van der Waals surface area contributed by atoms with Crippen LogP contribution in [0.3, 0.4) is 0 Å². The molecule has 0 spiro atoms. The van der Waals surface area contributed by atoms with Crippen molar-refractivity contribution in [2.24, 2.45) is 0 Å². The summed E-state index contributed by atoms with van der Waals surface area (Å²) in [5.41, 5.74) is 3.54. The first-order valence-electron chi connectivity index (χ1n) is 9.31. The summed E-state index contributed by atoms with van der Waals surface area (Å²) in [4.78, 5) is 24.2. The summed E-state index contributed by atoms with van der Waals surface area (Å²) in [6, 6.07) is 11.7. The maximum atomic E-state index is 12.9. The Morgan fingerprint density at radius 2 is 1.57 bits per heavy atom. The molecule has 2 aromatic carbocycles. The Kier molecular flexibility index (Phi) is 7.50. The summed E-state index contributed by atoms with van der Waals surface area (Å²) in [7, 11) is 0. The van der Waals surface area contributed by atoms with Gasteiger partial charge in [-0.3, -0.25) is 4.79 Å². The minimum Gasteiger partial charge on any atom is -0.452 e. The molecule has 0 aliphatic rings. The topological polar surface area (TPSA) is 55.4 Å². The van der Waals surface area contributed by atoms with Crippen molar-refractivity contribution in [2.75, 3.05) is 11.9 Å². The van der Waals surface area contributed by atoms with E-state index in [0.717, 1.165) is 16.8 Å². The van der Waals surface area contributed by atoms with Crippen molar-refractivity contribution < 1.29 is 18.7 Å². The summed E-state index contributed by atoms with van der Waals surface area (Å²) < 4.78 is 17.9. The molecule has 2 rings (SSSR count). The van der Waals surface area contributed by atoms with Crippen LogP contribution in [0.2, 0.25) is 0 Å². The summed E-state index contributed by atoms with van der Waals surface area (Å²) in [6.07, 6.45) is 2.72. The average Bonchev–Trinajstić information content (AvgIpc) is 2.65. The smallest absolute Gasteiger partial charge is 0.331 e. The highest BCUT2D eigenvalue weighted by Crippen LogP contribution is 2.32. The van der Waals surface area contributed by atoms with Gasteiger partial charge in [0.1, 0.15) is 5.82 Å². The van der Waals surface area contributed by atoms with Gasteiger partial charge < -0.3 is 10.1 Å². The maximum Gasteiger partial charge on any atom is 0.331 e. The predicted molar refractivity (Wildman–Crippen MR) is 110 cm³/mol. The molecule has 0 heterocycles. The number of nitrogens with one attached hydrogen (secondary N) is 1. The molecule has 148 valence electrons. The third-order valence-corrected chi connectivity index (χ3v) is 4.26. The molecule has 28 heavy (non-hydrogen) atoms. The van der Waals surface area contributed by atoms with Crippen molar-refractivity contribution in [3.05, 3.63) is 71.0 Å². The molecule has 0 fully saturated rings. The number of carbonyl (C=O) groups is 2. The number of halogens is 1. The summed E-state index contributed by atoms with van der Waals surface area (Å²) in [5.74, 6) is -0.886. The summed E-state index contributed by atoms with van der Waals surface area (Å²) >= 11 is 0.